The summed E-state index contributed by atoms with van der Waals surface area (Å²) in [5, 5.41) is 31.7. The van der Waals surface area contributed by atoms with E-state index in [9.17, 15) is 24.5 Å². The number of ether oxygens (including phenoxy) is 1. The summed E-state index contributed by atoms with van der Waals surface area (Å²) < 4.78 is 24.1. The first-order valence-electron chi connectivity index (χ1n) is 9.76. The Balaban J connectivity index is 1.51. The topological polar surface area (TPSA) is 241 Å². The van der Waals surface area contributed by atoms with Gasteiger partial charge in [-0.3, -0.25) is 13.9 Å². The first kappa shape index (κ1) is 24.4. The molecule has 1 aliphatic heterocycles. The third-order valence-corrected chi connectivity index (χ3v) is 6.11. The zero-order valence-electron chi connectivity index (χ0n) is 16.9. The number of carbonyl (C=O) groups is 1. The van der Waals surface area contributed by atoms with Crippen molar-refractivity contribution in [2.24, 2.45) is 5.73 Å². The maximum Gasteiger partial charge on any atom is 0.403 e. The third-order valence-electron chi connectivity index (χ3n) is 4.98. The number of nitrogen functional groups attached to an aromatic ring is 1. The molecule has 1 aliphatic rings. The van der Waals surface area contributed by atoms with Crippen LogP contribution in [0.1, 0.15) is 25.5 Å². The largest absolute Gasteiger partial charge is 0.480 e. The Morgan fingerprint density at radius 2 is 2.06 bits per heavy atom. The average molecular weight is 475 g/mol. The van der Waals surface area contributed by atoms with Crippen LogP contribution in [-0.4, -0.2) is 83.2 Å². The number of unbranched alkanes of at least 4 members (excludes halogenated alkanes) is 1. The predicted molar refractivity (Wildman–Crippen MR) is 109 cm³/mol. The number of nitrogens with one attached hydrogen (secondary N) is 1. The lowest BCUT2D eigenvalue weighted by Crippen LogP contribution is -2.34. The number of rotatable bonds is 11. The van der Waals surface area contributed by atoms with Gasteiger partial charge in [-0.15, -0.1) is 0 Å². The molecule has 6 unspecified atom stereocenters. The number of carboxylic acids is 1. The number of aliphatic hydroxyl groups excluding tert-OH is 2. The third kappa shape index (κ3) is 5.57. The summed E-state index contributed by atoms with van der Waals surface area (Å²) in [5.74, 6) is -0.969. The summed E-state index contributed by atoms with van der Waals surface area (Å²) >= 11 is 0. The molecule has 1 saturated heterocycles. The minimum absolute atomic E-state index is 0.0849. The lowest BCUT2D eigenvalue weighted by Gasteiger charge is -2.18. The van der Waals surface area contributed by atoms with E-state index in [-0.39, 0.29) is 24.4 Å². The van der Waals surface area contributed by atoms with Crippen LogP contribution in [0.4, 0.5) is 5.82 Å². The number of aliphatic carboxylic acids is 1. The van der Waals surface area contributed by atoms with Crippen LogP contribution in [0, 0.1) is 0 Å². The van der Waals surface area contributed by atoms with Crippen LogP contribution in [0.3, 0.4) is 0 Å². The number of aliphatic hydroxyl groups is 2. The van der Waals surface area contributed by atoms with Crippen molar-refractivity contribution < 1.29 is 38.8 Å². The van der Waals surface area contributed by atoms with Gasteiger partial charge in [0.1, 0.15) is 36.2 Å². The fourth-order valence-corrected chi connectivity index (χ4v) is 4.09. The molecule has 178 valence electrons. The van der Waals surface area contributed by atoms with Crippen LogP contribution in [0.25, 0.3) is 11.2 Å². The number of nitrogens with two attached hydrogens (primary N) is 2. The average Bonchev–Trinajstić information content (AvgIpc) is 3.28. The molecule has 3 heterocycles. The van der Waals surface area contributed by atoms with E-state index < -0.39 is 50.9 Å². The van der Waals surface area contributed by atoms with Crippen LogP contribution in [0.15, 0.2) is 12.7 Å². The summed E-state index contributed by atoms with van der Waals surface area (Å²) in [7, 11) is -4.23. The number of anilines is 1. The lowest BCUT2D eigenvalue weighted by molar-refractivity contribution is -0.138. The van der Waals surface area contributed by atoms with E-state index in [1.165, 1.54) is 17.2 Å². The molecule has 32 heavy (non-hydrogen) atoms. The molecule has 0 saturated carbocycles. The zero-order chi connectivity index (χ0) is 23.5. The summed E-state index contributed by atoms with van der Waals surface area (Å²) in [6.07, 6.45) is -1.37. The SMILES string of the molecule is Nc1ncnc2c1ncn2C1OC(COP(=O)(O)NCCCCC(N)C(=O)O)C(O)C1O. The Bertz CT molecular complexity index is 990. The molecule has 0 aliphatic carbocycles. The Morgan fingerprint density at radius 3 is 2.78 bits per heavy atom. The second-order valence-corrected chi connectivity index (χ2v) is 8.91. The molecule has 6 atom stereocenters. The van der Waals surface area contributed by atoms with Crippen molar-refractivity contribution in [3.63, 3.8) is 0 Å². The number of nitrogens with zero attached hydrogens (tertiary/aromatic N) is 4. The molecular formula is C16H26N7O8P. The molecule has 2 aromatic heterocycles. The first-order chi connectivity index (χ1) is 15.1. The Morgan fingerprint density at radius 1 is 1.31 bits per heavy atom. The van der Waals surface area contributed by atoms with Crippen molar-refractivity contribution in [2.45, 2.75) is 49.8 Å². The summed E-state index contributed by atoms with van der Waals surface area (Å²) in [6, 6.07) is -0.983. The van der Waals surface area contributed by atoms with Gasteiger partial charge in [-0.25, -0.2) is 24.6 Å². The van der Waals surface area contributed by atoms with Gasteiger partial charge in [-0.1, -0.05) is 6.42 Å². The lowest BCUT2D eigenvalue weighted by atomic mass is 10.1. The van der Waals surface area contributed by atoms with Crippen LogP contribution < -0.4 is 16.6 Å². The highest BCUT2D eigenvalue weighted by atomic mass is 31.2. The molecule has 0 aromatic carbocycles. The fraction of sp³-hybridized carbons (Fsp3) is 0.625. The van der Waals surface area contributed by atoms with Crippen molar-refractivity contribution in [1.82, 2.24) is 24.6 Å². The van der Waals surface area contributed by atoms with Crippen LogP contribution in [0.2, 0.25) is 0 Å². The monoisotopic (exact) mass is 475 g/mol. The number of carboxylic acid groups (broad SMARTS) is 1. The molecule has 15 nitrogen and oxygen atoms in total. The van der Waals surface area contributed by atoms with E-state index in [0.717, 1.165) is 0 Å². The highest BCUT2D eigenvalue weighted by molar-refractivity contribution is 7.50. The minimum Gasteiger partial charge on any atom is -0.480 e. The quantitative estimate of drug-likeness (QED) is 0.142. The number of imidazole rings is 1. The molecule has 0 bridgehead atoms. The Kier molecular flexibility index (Phi) is 7.74. The van der Waals surface area contributed by atoms with Crippen molar-refractivity contribution >= 4 is 30.7 Å². The van der Waals surface area contributed by atoms with Gasteiger partial charge in [-0.2, -0.15) is 0 Å². The smallest absolute Gasteiger partial charge is 0.403 e. The van der Waals surface area contributed by atoms with Crippen LogP contribution in [-0.2, 0) is 18.6 Å². The highest BCUT2D eigenvalue weighted by Crippen LogP contribution is 2.39. The predicted octanol–water partition coefficient (Wildman–Crippen LogP) is -1.68. The molecule has 1 fully saturated rings. The fourth-order valence-electron chi connectivity index (χ4n) is 3.21. The summed E-state index contributed by atoms with van der Waals surface area (Å²) in [5.41, 5.74) is 11.7. The van der Waals surface area contributed by atoms with Gasteiger partial charge in [0.25, 0.3) is 0 Å². The molecule has 0 spiro atoms. The van der Waals surface area contributed by atoms with Crippen molar-refractivity contribution in [3.8, 4) is 0 Å². The van der Waals surface area contributed by atoms with Crippen LogP contribution >= 0.6 is 7.75 Å². The second-order valence-electron chi connectivity index (χ2n) is 7.29. The van der Waals surface area contributed by atoms with Gasteiger partial charge in [0, 0.05) is 6.54 Å². The molecule has 0 radical (unpaired) electrons. The molecule has 0 amide bonds. The number of aromatic nitrogens is 4. The zero-order valence-corrected chi connectivity index (χ0v) is 17.8. The number of hydrogen-bond acceptors (Lipinski definition) is 11. The highest BCUT2D eigenvalue weighted by Gasteiger charge is 2.45. The van der Waals surface area contributed by atoms with Crippen LogP contribution in [0.5, 0.6) is 0 Å². The van der Waals surface area contributed by atoms with Gasteiger partial charge in [0.2, 0.25) is 0 Å². The van der Waals surface area contributed by atoms with E-state index in [1.54, 1.807) is 0 Å². The molecule has 3 rings (SSSR count). The van der Waals surface area contributed by atoms with Gasteiger partial charge < -0.3 is 36.4 Å². The normalized spacial score (nSPS) is 26.2. The van der Waals surface area contributed by atoms with E-state index in [4.69, 9.17) is 25.8 Å². The van der Waals surface area contributed by atoms with Crippen molar-refractivity contribution in [2.75, 3.05) is 18.9 Å². The summed E-state index contributed by atoms with van der Waals surface area (Å²) in [6.45, 7) is -0.398. The van der Waals surface area contributed by atoms with Gasteiger partial charge in [-0.05, 0) is 12.8 Å². The maximum atomic E-state index is 12.1. The standard InChI is InChI=1S/C16H26N7O8P/c17-8(16(26)27)3-1-2-4-22-32(28,29)30-5-9-11(24)12(25)15(31-9)23-7-21-10-13(18)19-6-20-14(10)23/h6-9,11-12,15,24-25H,1-5,17H2,(H,26,27)(H2,18,19,20)(H2,22,28,29). The number of hydrogen-bond donors (Lipinski definition) is 7. The van der Waals surface area contributed by atoms with Gasteiger partial charge in [0.05, 0.1) is 12.9 Å². The van der Waals surface area contributed by atoms with E-state index in [1.807, 2.05) is 0 Å². The van der Waals surface area contributed by atoms with Gasteiger partial charge in [0.15, 0.2) is 17.7 Å². The Hall–Kier alpha value is -2.23. The molecule has 16 heteroatoms. The first-order valence-corrected chi connectivity index (χ1v) is 11.3. The van der Waals surface area contributed by atoms with E-state index in [2.05, 4.69) is 20.0 Å². The molecule has 9 N–H and O–H groups in total. The Labute approximate surface area is 182 Å². The maximum absolute atomic E-state index is 12.1. The number of fused-ring (bicyclic) bond motifs is 1. The van der Waals surface area contributed by atoms with Crippen molar-refractivity contribution in [3.05, 3.63) is 12.7 Å². The molecular weight excluding hydrogens is 449 g/mol. The minimum atomic E-state index is -4.23. The summed E-state index contributed by atoms with van der Waals surface area (Å²) in [4.78, 5) is 32.5. The van der Waals surface area contributed by atoms with E-state index in [0.29, 0.717) is 18.4 Å². The van der Waals surface area contributed by atoms with Gasteiger partial charge >= 0.3 is 13.7 Å². The second kappa shape index (κ2) is 10.1. The molecule has 2 aromatic rings. The van der Waals surface area contributed by atoms with E-state index >= 15 is 0 Å². The van der Waals surface area contributed by atoms with Crippen molar-refractivity contribution in [1.29, 1.82) is 0 Å².